The first-order chi connectivity index (χ1) is 9.69. The van der Waals surface area contributed by atoms with Crippen molar-refractivity contribution in [3.63, 3.8) is 0 Å². The van der Waals surface area contributed by atoms with E-state index in [1.165, 1.54) is 37.8 Å². The molecule has 1 aliphatic carbocycles. The largest absolute Gasteiger partial charge is 0.373 e. The minimum absolute atomic E-state index is 0.0116. The van der Waals surface area contributed by atoms with E-state index in [0.717, 1.165) is 30.6 Å². The number of rotatable bonds is 4. The molecule has 2 aliphatic rings. The second kappa shape index (κ2) is 5.80. The van der Waals surface area contributed by atoms with E-state index in [9.17, 15) is 8.78 Å². The first kappa shape index (κ1) is 14.0. The first-order valence-electron chi connectivity index (χ1n) is 7.78. The Labute approximate surface area is 119 Å². The molecule has 0 amide bonds. The van der Waals surface area contributed by atoms with Crippen LogP contribution in [0.2, 0.25) is 0 Å². The number of halogens is 2. The summed E-state index contributed by atoms with van der Waals surface area (Å²) in [7, 11) is 0. The second-order valence-corrected chi connectivity index (χ2v) is 6.28. The third-order valence-electron chi connectivity index (χ3n) is 4.76. The van der Waals surface area contributed by atoms with Crippen LogP contribution in [0.5, 0.6) is 0 Å². The Kier molecular flexibility index (Phi) is 4.06. The molecule has 0 spiro atoms. The molecule has 1 heterocycles. The molecule has 0 unspecified atom stereocenters. The van der Waals surface area contributed by atoms with Crippen molar-refractivity contribution in [2.45, 2.75) is 51.6 Å². The fraction of sp³-hybridized carbons (Fsp3) is 0.647. The highest BCUT2D eigenvalue weighted by molar-refractivity contribution is 5.36. The summed E-state index contributed by atoms with van der Waals surface area (Å²) in [4.78, 5) is 0. The van der Waals surface area contributed by atoms with Gasteiger partial charge in [0.05, 0.1) is 12.7 Å². The molecule has 1 saturated heterocycles. The number of unbranched alkanes of at least 4 members (excludes halogenated alkanes) is 2. The summed E-state index contributed by atoms with van der Waals surface area (Å²) in [6.07, 6.45) is 6.95. The van der Waals surface area contributed by atoms with Gasteiger partial charge in [-0.1, -0.05) is 26.2 Å². The van der Waals surface area contributed by atoms with Gasteiger partial charge in [-0.15, -0.1) is 0 Å². The molecular formula is C17H22F2O. The molecule has 110 valence electrons. The molecule has 0 saturated carbocycles. The molecule has 0 bridgehead atoms. The molecule has 3 atom stereocenters. The lowest BCUT2D eigenvalue weighted by Crippen LogP contribution is -2.26. The number of hydrogen-bond donors (Lipinski definition) is 0. The van der Waals surface area contributed by atoms with Crippen molar-refractivity contribution in [1.82, 2.24) is 0 Å². The van der Waals surface area contributed by atoms with Gasteiger partial charge in [0, 0.05) is 0 Å². The predicted octanol–water partition coefficient (Wildman–Crippen LogP) is 4.80. The fourth-order valence-corrected chi connectivity index (χ4v) is 3.74. The van der Waals surface area contributed by atoms with Crippen molar-refractivity contribution in [2.24, 2.45) is 11.8 Å². The third kappa shape index (κ3) is 2.60. The van der Waals surface area contributed by atoms with Crippen molar-refractivity contribution in [2.75, 3.05) is 6.61 Å². The van der Waals surface area contributed by atoms with E-state index in [0.29, 0.717) is 11.8 Å². The van der Waals surface area contributed by atoms with Gasteiger partial charge < -0.3 is 4.74 Å². The Hall–Kier alpha value is -0.960. The lowest BCUT2D eigenvalue weighted by atomic mass is 9.85. The molecule has 3 heteroatoms. The van der Waals surface area contributed by atoms with Crippen LogP contribution >= 0.6 is 0 Å². The molecule has 1 aromatic rings. The van der Waals surface area contributed by atoms with Gasteiger partial charge in [0.15, 0.2) is 11.6 Å². The van der Waals surface area contributed by atoms with Crippen molar-refractivity contribution in [3.05, 3.63) is 34.9 Å². The van der Waals surface area contributed by atoms with Crippen LogP contribution in [0, 0.1) is 23.5 Å². The van der Waals surface area contributed by atoms with Gasteiger partial charge in [-0.05, 0) is 54.4 Å². The van der Waals surface area contributed by atoms with Crippen molar-refractivity contribution in [3.8, 4) is 0 Å². The van der Waals surface area contributed by atoms with E-state index in [4.69, 9.17) is 4.74 Å². The average Bonchev–Trinajstić information content (AvgIpc) is 2.76. The number of fused-ring (bicyclic) bond motifs is 3. The number of benzene rings is 1. The van der Waals surface area contributed by atoms with Crippen molar-refractivity contribution >= 4 is 0 Å². The van der Waals surface area contributed by atoms with Crippen LogP contribution in [0.4, 0.5) is 8.78 Å². The molecule has 3 rings (SSSR count). The fourth-order valence-electron chi connectivity index (χ4n) is 3.74. The number of hydrogen-bond acceptors (Lipinski definition) is 1. The summed E-state index contributed by atoms with van der Waals surface area (Å²) in [5.41, 5.74) is 1.81. The van der Waals surface area contributed by atoms with E-state index in [1.54, 1.807) is 0 Å². The minimum atomic E-state index is -0.752. The zero-order valence-electron chi connectivity index (χ0n) is 12.0. The van der Waals surface area contributed by atoms with E-state index in [1.807, 2.05) is 0 Å². The summed E-state index contributed by atoms with van der Waals surface area (Å²) in [6.45, 7) is 2.98. The lowest BCUT2D eigenvalue weighted by molar-refractivity contribution is -0.0521. The van der Waals surface area contributed by atoms with Crippen molar-refractivity contribution < 1.29 is 13.5 Å². The highest BCUT2D eigenvalue weighted by Crippen LogP contribution is 2.46. The maximum atomic E-state index is 13.4. The van der Waals surface area contributed by atoms with Crippen LogP contribution < -0.4 is 0 Å². The predicted molar refractivity (Wildman–Crippen MR) is 74.5 cm³/mol. The molecule has 1 aliphatic heterocycles. The molecule has 0 radical (unpaired) electrons. The Morgan fingerprint density at radius 3 is 2.80 bits per heavy atom. The van der Waals surface area contributed by atoms with Gasteiger partial charge in [0.2, 0.25) is 0 Å². The average molecular weight is 280 g/mol. The van der Waals surface area contributed by atoms with E-state index < -0.39 is 11.6 Å². The van der Waals surface area contributed by atoms with Gasteiger partial charge in [0.1, 0.15) is 0 Å². The SMILES string of the molecule is CCCCC[C@@H]1CO[C@H]2c3cc(F)c(F)cc3C[C@@H]2C1. The van der Waals surface area contributed by atoms with Crippen LogP contribution in [0.25, 0.3) is 0 Å². The highest BCUT2D eigenvalue weighted by Gasteiger charge is 2.39. The van der Waals surface area contributed by atoms with E-state index in [2.05, 4.69) is 6.92 Å². The molecule has 0 aromatic heterocycles. The quantitative estimate of drug-likeness (QED) is 0.720. The van der Waals surface area contributed by atoms with E-state index in [-0.39, 0.29) is 6.10 Å². The van der Waals surface area contributed by atoms with Gasteiger partial charge in [-0.2, -0.15) is 0 Å². The summed E-state index contributed by atoms with van der Waals surface area (Å²) >= 11 is 0. The van der Waals surface area contributed by atoms with Gasteiger partial charge in [0.25, 0.3) is 0 Å². The lowest BCUT2D eigenvalue weighted by Gasteiger charge is -2.32. The minimum Gasteiger partial charge on any atom is -0.373 e. The summed E-state index contributed by atoms with van der Waals surface area (Å²) < 4.78 is 32.7. The Balaban J connectivity index is 1.67. The van der Waals surface area contributed by atoms with Crippen LogP contribution in [0.1, 0.15) is 56.3 Å². The van der Waals surface area contributed by atoms with Crippen molar-refractivity contribution in [1.29, 1.82) is 0 Å². The molecule has 0 N–H and O–H groups in total. The molecule has 1 aromatic carbocycles. The maximum absolute atomic E-state index is 13.4. The summed E-state index contributed by atoms with van der Waals surface area (Å²) in [5, 5.41) is 0. The zero-order valence-corrected chi connectivity index (χ0v) is 12.0. The third-order valence-corrected chi connectivity index (χ3v) is 4.76. The second-order valence-electron chi connectivity index (χ2n) is 6.28. The molecule has 1 fully saturated rings. The monoisotopic (exact) mass is 280 g/mol. The molecule has 1 nitrogen and oxygen atoms in total. The Bertz CT molecular complexity index is 486. The highest BCUT2D eigenvalue weighted by atomic mass is 19.2. The van der Waals surface area contributed by atoms with Gasteiger partial charge in [-0.25, -0.2) is 8.78 Å². The zero-order chi connectivity index (χ0) is 14.1. The van der Waals surface area contributed by atoms with Crippen LogP contribution in [-0.2, 0) is 11.2 Å². The Morgan fingerprint density at radius 1 is 1.20 bits per heavy atom. The van der Waals surface area contributed by atoms with Crippen LogP contribution in [-0.4, -0.2) is 6.61 Å². The van der Waals surface area contributed by atoms with E-state index >= 15 is 0 Å². The van der Waals surface area contributed by atoms with Crippen LogP contribution in [0.15, 0.2) is 12.1 Å². The smallest absolute Gasteiger partial charge is 0.159 e. The summed E-state index contributed by atoms with van der Waals surface area (Å²) in [5.74, 6) is -0.460. The molecule has 20 heavy (non-hydrogen) atoms. The Morgan fingerprint density at radius 2 is 2.00 bits per heavy atom. The van der Waals surface area contributed by atoms with Crippen LogP contribution in [0.3, 0.4) is 0 Å². The number of ether oxygens (including phenoxy) is 1. The topological polar surface area (TPSA) is 9.23 Å². The standard InChI is InChI=1S/C17H22F2O/c1-2-3-4-5-11-6-13-7-12-8-15(18)16(19)9-14(12)17(13)20-10-11/h8-9,11,13,17H,2-7,10H2,1H3/t11-,13-,17+/m0/s1. The van der Waals surface area contributed by atoms with Gasteiger partial charge >= 0.3 is 0 Å². The first-order valence-corrected chi connectivity index (χ1v) is 7.78. The molecular weight excluding hydrogens is 258 g/mol. The normalized spacial score (nSPS) is 28.2. The van der Waals surface area contributed by atoms with Gasteiger partial charge in [-0.3, -0.25) is 0 Å². The maximum Gasteiger partial charge on any atom is 0.159 e. The summed E-state index contributed by atoms with van der Waals surface area (Å²) in [6, 6.07) is 2.70.